The molecule has 1 aliphatic carbocycles. The van der Waals surface area contributed by atoms with Gasteiger partial charge in [0.05, 0.1) is 30.8 Å². The molecule has 150 valence electrons. The quantitative estimate of drug-likeness (QED) is 0.691. The fourth-order valence-corrected chi connectivity index (χ4v) is 3.84. The summed E-state index contributed by atoms with van der Waals surface area (Å²) in [5.41, 5.74) is 1.26. The molecule has 2 aromatic carbocycles. The molecule has 0 unspecified atom stereocenters. The van der Waals surface area contributed by atoms with Gasteiger partial charge in [0.1, 0.15) is 5.75 Å². The van der Waals surface area contributed by atoms with Crippen molar-refractivity contribution in [2.45, 2.75) is 38.3 Å². The Morgan fingerprint density at radius 1 is 1.14 bits per heavy atom. The molecule has 29 heavy (non-hydrogen) atoms. The van der Waals surface area contributed by atoms with Crippen LogP contribution in [-0.4, -0.2) is 22.9 Å². The van der Waals surface area contributed by atoms with Crippen LogP contribution in [-0.2, 0) is 6.54 Å². The van der Waals surface area contributed by atoms with Crippen LogP contribution in [0.1, 0.15) is 37.4 Å². The van der Waals surface area contributed by atoms with Crippen LogP contribution < -0.4 is 20.9 Å². The van der Waals surface area contributed by atoms with E-state index in [-0.39, 0.29) is 24.2 Å². The third-order valence-electron chi connectivity index (χ3n) is 5.32. The van der Waals surface area contributed by atoms with Gasteiger partial charge in [0.2, 0.25) is 0 Å². The van der Waals surface area contributed by atoms with E-state index in [1.165, 1.54) is 0 Å². The third-order valence-corrected chi connectivity index (χ3v) is 5.32. The van der Waals surface area contributed by atoms with Crippen molar-refractivity contribution in [2.24, 2.45) is 0 Å². The Labute approximate surface area is 168 Å². The van der Waals surface area contributed by atoms with Crippen LogP contribution >= 0.6 is 0 Å². The van der Waals surface area contributed by atoms with Gasteiger partial charge in [-0.25, -0.2) is 9.48 Å². The van der Waals surface area contributed by atoms with Crippen molar-refractivity contribution in [3.05, 3.63) is 64.6 Å². The van der Waals surface area contributed by atoms with Crippen LogP contribution in [0.25, 0.3) is 10.8 Å². The number of carbonyl (C=O) groups excluding carboxylic acids is 1. The maximum absolute atomic E-state index is 12.9. The molecular weight excluding hydrogens is 368 g/mol. The summed E-state index contributed by atoms with van der Waals surface area (Å²) in [4.78, 5) is 25.3. The van der Waals surface area contributed by atoms with E-state index in [0.717, 1.165) is 31.1 Å². The number of urea groups is 1. The topological polar surface area (TPSA) is 85.2 Å². The first kappa shape index (κ1) is 19.0. The number of nitrogens with zero attached hydrogens (tertiary/aromatic N) is 2. The van der Waals surface area contributed by atoms with E-state index in [0.29, 0.717) is 22.5 Å². The molecule has 0 spiro atoms. The van der Waals surface area contributed by atoms with E-state index in [4.69, 9.17) is 4.74 Å². The van der Waals surface area contributed by atoms with Gasteiger partial charge in [-0.2, -0.15) is 5.10 Å². The third kappa shape index (κ3) is 4.08. The number of methoxy groups -OCH3 is 1. The average Bonchev–Trinajstić information content (AvgIpc) is 3.28. The molecule has 1 aliphatic rings. The van der Waals surface area contributed by atoms with E-state index < -0.39 is 0 Å². The summed E-state index contributed by atoms with van der Waals surface area (Å²) in [5, 5.41) is 11.7. The number of nitrogens with one attached hydrogen (secondary N) is 2. The molecule has 3 aromatic rings. The Morgan fingerprint density at radius 2 is 1.90 bits per heavy atom. The summed E-state index contributed by atoms with van der Waals surface area (Å²) in [6.07, 6.45) is 4.16. The lowest BCUT2D eigenvalue weighted by Gasteiger charge is -2.16. The molecule has 2 amide bonds. The van der Waals surface area contributed by atoms with E-state index >= 15 is 0 Å². The highest BCUT2D eigenvalue weighted by atomic mass is 16.5. The number of fused-ring (bicyclic) bond motifs is 1. The Kier molecular flexibility index (Phi) is 5.46. The van der Waals surface area contributed by atoms with E-state index in [1.807, 2.05) is 30.3 Å². The van der Waals surface area contributed by atoms with Crippen LogP contribution in [0, 0.1) is 0 Å². The molecule has 1 fully saturated rings. The molecule has 4 rings (SSSR count). The van der Waals surface area contributed by atoms with Crippen LogP contribution in [0.4, 0.5) is 10.5 Å². The highest BCUT2D eigenvalue weighted by molar-refractivity contribution is 5.90. The van der Waals surface area contributed by atoms with Gasteiger partial charge in [0.25, 0.3) is 5.56 Å². The predicted octanol–water partition coefficient (Wildman–Crippen LogP) is 3.84. The first-order valence-corrected chi connectivity index (χ1v) is 9.85. The Morgan fingerprint density at radius 3 is 2.66 bits per heavy atom. The largest absolute Gasteiger partial charge is 0.497 e. The molecule has 0 bridgehead atoms. The molecule has 7 nitrogen and oxygen atoms in total. The monoisotopic (exact) mass is 392 g/mol. The lowest BCUT2D eigenvalue weighted by atomic mass is 10.1. The summed E-state index contributed by atoms with van der Waals surface area (Å²) in [5.74, 6) is 0.666. The van der Waals surface area contributed by atoms with Crippen molar-refractivity contribution in [2.75, 3.05) is 12.4 Å². The zero-order chi connectivity index (χ0) is 20.2. The second kappa shape index (κ2) is 8.34. The van der Waals surface area contributed by atoms with Gasteiger partial charge in [0, 0.05) is 17.1 Å². The van der Waals surface area contributed by atoms with Crippen LogP contribution in [0.5, 0.6) is 5.75 Å². The molecule has 2 N–H and O–H groups in total. The number of benzene rings is 2. The number of aromatic nitrogens is 2. The number of rotatable bonds is 5. The summed E-state index contributed by atoms with van der Waals surface area (Å²) in [6.45, 7) is 0.226. The Bertz CT molecular complexity index is 1090. The van der Waals surface area contributed by atoms with Crippen molar-refractivity contribution in [1.82, 2.24) is 15.1 Å². The first-order chi connectivity index (χ1) is 14.2. The standard InChI is InChI=1S/C22H24N4O3/c1-29-17-10-6-7-15(13-17)24-22(28)23-14-20-18-11-4-5-12-19(18)21(27)26(25-20)16-8-2-3-9-16/h4-7,10-13,16H,2-3,8-9,14H2,1H3,(H2,23,24,28). The predicted molar refractivity (Wildman–Crippen MR) is 112 cm³/mol. The van der Waals surface area contributed by atoms with Gasteiger partial charge in [-0.05, 0) is 31.0 Å². The smallest absolute Gasteiger partial charge is 0.319 e. The summed E-state index contributed by atoms with van der Waals surface area (Å²) in [6, 6.07) is 14.4. The second-order valence-electron chi connectivity index (χ2n) is 7.22. The van der Waals surface area contributed by atoms with Gasteiger partial charge in [0.15, 0.2) is 0 Å². The molecule has 0 radical (unpaired) electrons. The Hall–Kier alpha value is -3.35. The maximum Gasteiger partial charge on any atom is 0.319 e. The molecule has 1 heterocycles. The molecule has 1 aromatic heterocycles. The van der Waals surface area contributed by atoms with Crippen molar-refractivity contribution in [3.8, 4) is 5.75 Å². The van der Waals surface area contributed by atoms with Gasteiger partial charge in [-0.1, -0.05) is 37.1 Å². The van der Waals surface area contributed by atoms with Crippen LogP contribution in [0.2, 0.25) is 0 Å². The normalized spacial score (nSPS) is 14.1. The number of hydrogen-bond acceptors (Lipinski definition) is 4. The number of amides is 2. The molecule has 7 heteroatoms. The van der Waals surface area contributed by atoms with E-state index in [1.54, 1.807) is 30.0 Å². The number of carbonyl (C=O) groups is 1. The molecule has 1 saturated carbocycles. The molecule has 0 saturated heterocycles. The first-order valence-electron chi connectivity index (χ1n) is 9.85. The van der Waals surface area contributed by atoms with Gasteiger partial charge >= 0.3 is 6.03 Å². The molecule has 0 aliphatic heterocycles. The van der Waals surface area contributed by atoms with Crippen molar-refractivity contribution in [1.29, 1.82) is 0 Å². The fraction of sp³-hybridized carbons (Fsp3) is 0.318. The second-order valence-corrected chi connectivity index (χ2v) is 7.22. The van der Waals surface area contributed by atoms with Crippen molar-refractivity contribution in [3.63, 3.8) is 0 Å². The maximum atomic E-state index is 12.9. The highest BCUT2D eigenvalue weighted by Gasteiger charge is 2.21. The molecular formula is C22H24N4O3. The van der Waals surface area contributed by atoms with Crippen LogP contribution in [0.15, 0.2) is 53.3 Å². The van der Waals surface area contributed by atoms with E-state index in [9.17, 15) is 9.59 Å². The number of anilines is 1. The van der Waals surface area contributed by atoms with Gasteiger partial charge in [-0.15, -0.1) is 0 Å². The van der Waals surface area contributed by atoms with E-state index in [2.05, 4.69) is 15.7 Å². The minimum Gasteiger partial charge on any atom is -0.497 e. The van der Waals surface area contributed by atoms with Crippen molar-refractivity contribution < 1.29 is 9.53 Å². The van der Waals surface area contributed by atoms with Gasteiger partial charge < -0.3 is 15.4 Å². The highest BCUT2D eigenvalue weighted by Crippen LogP contribution is 2.28. The minimum atomic E-state index is -0.345. The SMILES string of the molecule is COc1cccc(NC(=O)NCc2nn(C3CCCC3)c(=O)c3ccccc23)c1. The lowest BCUT2D eigenvalue weighted by molar-refractivity contribution is 0.251. The number of hydrogen-bond donors (Lipinski definition) is 2. The summed E-state index contributed by atoms with van der Waals surface area (Å²) >= 11 is 0. The zero-order valence-corrected chi connectivity index (χ0v) is 16.4. The van der Waals surface area contributed by atoms with Gasteiger partial charge in [-0.3, -0.25) is 4.79 Å². The molecule has 0 atom stereocenters. The average molecular weight is 392 g/mol. The Balaban J connectivity index is 1.56. The zero-order valence-electron chi connectivity index (χ0n) is 16.4. The number of ether oxygens (including phenoxy) is 1. The fourth-order valence-electron chi connectivity index (χ4n) is 3.84. The summed E-state index contributed by atoms with van der Waals surface area (Å²) < 4.78 is 6.79. The summed E-state index contributed by atoms with van der Waals surface area (Å²) in [7, 11) is 1.58. The van der Waals surface area contributed by atoms with Crippen LogP contribution in [0.3, 0.4) is 0 Å². The minimum absolute atomic E-state index is 0.0583. The van der Waals surface area contributed by atoms with Crippen molar-refractivity contribution >= 4 is 22.5 Å². The lowest BCUT2D eigenvalue weighted by Crippen LogP contribution is -2.32.